The van der Waals surface area contributed by atoms with Crippen LogP contribution in [0.3, 0.4) is 0 Å². The first kappa shape index (κ1) is 10.8. The molecule has 1 aromatic carbocycles. The zero-order valence-corrected chi connectivity index (χ0v) is 10.1. The van der Waals surface area contributed by atoms with Gasteiger partial charge in [0.1, 0.15) is 5.52 Å². The van der Waals surface area contributed by atoms with Crippen molar-refractivity contribution in [2.75, 3.05) is 0 Å². The van der Waals surface area contributed by atoms with Crippen LogP contribution in [0.1, 0.15) is 35.8 Å². The Morgan fingerprint density at radius 2 is 2.17 bits per heavy atom. The molecule has 0 unspecified atom stereocenters. The molecule has 2 aromatic heterocycles. The van der Waals surface area contributed by atoms with E-state index in [4.69, 9.17) is 5.11 Å². The van der Waals surface area contributed by atoms with Crippen molar-refractivity contribution < 1.29 is 9.90 Å². The monoisotopic (exact) mass is 243 g/mol. The number of fused-ring (bicyclic) bond motifs is 3. The lowest BCUT2D eigenvalue weighted by Crippen LogP contribution is -1.95. The number of carboxylic acid groups (broad SMARTS) is 1. The highest BCUT2D eigenvalue weighted by Gasteiger charge is 2.15. The van der Waals surface area contributed by atoms with Crippen LogP contribution in [0.4, 0.5) is 0 Å². The van der Waals surface area contributed by atoms with Gasteiger partial charge in [-0.3, -0.25) is 5.10 Å². The molecule has 0 amide bonds. The SMILES string of the molecule is CC(C)c1[nH]nc2c1[nH]c1cc(C(=O)O)ccc12. The maximum Gasteiger partial charge on any atom is 0.335 e. The number of carbonyl (C=O) groups is 1. The summed E-state index contributed by atoms with van der Waals surface area (Å²) in [4.78, 5) is 14.2. The lowest BCUT2D eigenvalue weighted by molar-refractivity contribution is 0.0697. The van der Waals surface area contributed by atoms with Crippen molar-refractivity contribution in [1.82, 2.24) is 15.2 Å². The Morgan fingerprint density at radius 1 is 1.39 bits per heavy atom. The molecule has 92 valence electrons. The summed E-state index contributed by atoms with van der Waals surface area (Å²) < 4.78 is 0. The van der Waals surface area contributed by atoms with Crippen LogP contribution in [0, 0.1) is 0 Å². The molecule has 3 rings (SSSR count). The number of aromatic amines is 2. The third-order valence-electron chi connectivity index (χ3n) is 3.15. The average molecular weight is 243 g/mol. The summed E-state index contributed by atoms with van der Waals surface area (Å²) in [5, 5.41) is 17.2. The van der Waals surface area contributed by atoms with Crippen LogP contribution in [-0.2, 0) is 0 Å². The second-order valence-corrected chi connectivity index (χ2v) is 4.71. The fourth-order valence-corrected chi connectivity index (χ4v) is 2.22. The van der Waals surface area contributed by atoms with Crippen LogP contribution >= 0.6 is 0 Å². The minimum absolute atomic E-state index is 0.279. The maximum absolute atomic E-state index is 10.9. The van der Waals surface area contributed by atoms with E-state index in [1.54, 1.807) is 18.2 Å². The molecule has 0 aliphatic rings. The van der Waals surface area contributed by atoms with Crippen molar-refractivity contribution in [3.63, 3.8) is 0 Å². The van der Waals surface area contributed by atoms with Crippen LogP contribution in [-0.4, -0.2) is 26.3 Å². The molecule has 0 saturated heterocycles. The number of rotatable bonds is 2. The van der Waals surface area contributed by atoms with Gasteiger partial charge in [0, 0.05) is 10.9 Å². The number of aromatic nitrogens is 3. The van der Waals surface area contributed by atoms with Gasteiger partial charge < -0.3 is 10.1 Å². The van der Waals surface area contributed by atoms with E-state index in [1.807, 2.05) is 0 Å². The van der Waals surface area contributed by atoms with Crippen LogP contribution in [0.15, 0.2) is 18.2 Å². The second kappa shape index (κ2) is 3.60. The van der Waals surface area contributed by atoms with E-state index in [1.165, 1.54) is 0 Å². The second-order valence-electron chi connectivity index (χ2n) is 4.71. The molecule has 3 aromatic rings. The molecule has 0 radical (unpaired) electrons. The first-order valence-corrected chi connectivity index (χ1v) is 5.81. The van der Waals surface area contributed by atoms with E-state index in [0.717, 1.165) is 27.6 Å². The van der Waals surface area contributed by atoms with E-state index < -0.39 is 5.97 Å². The summed E-state index contributed by atoms with van der Waals surface area (Å²) in [7, 11) is 0. The van der Waals surface area contributed by atoms with Crippen molar-refractivity contribution in [1.29, 1.82) is 0 Å². The number of carboxylic acids is 1. The minimum Gasteiger partial charge on any atom is -0.478 e. The Kier molecular flexibility index (Phi) is 2.16. The van der Waals surface area contributed by atoms with Crippen molar-refractivity contribution in [3.05, 3.63) is 29.5 Å². The molecule has 0 aliphatic heterocycles. The van der Waals surface area contributed by atoms with E-state index in [0.29, 0.717) is 5.92 Å². The van der Waals surface area contributed by atoms with Crippen LogP contribution in [0.25, 0.3) is 21.9 Å². The first-order valence-electron chi connectivity index (χ1n) is 5.81. The molecule has 0 bridgehead atoms. The Hall–Kier alpha value is -2.30. The van der Waals surface area contributed by atoms with Crippen molar-refractivity contribution >= 4 is 27.9 Å². The van der Waals surface area contributed by atoms with E-state index in [9.17, 15) is 4.79 Å². The summed E-state index contributed by atoms with van der Waals surface area (Å²) in [6.07, 6.45) is 0. The third kappa shape index (κ3) is 1.40. The standard InChI is InChI=1S/C13H13N3O2/c1-6(2)10-12-11(16-15-10)8-4-3-7(13(17)18)5-9(8)14-12/h3-6,14H,1-2H3,(H,15,16)(H,17,18). The number of H-pyrrole nitrogens is 2. The molecule has 5 nitrogen and oxygen atoms in total. The summed E-state index contributed by atoms with van der Waals surface area (Å²) >= 11 is 0. The Labute approximate surface area is 103 Å². The van der Waals surface area contributed by atoms with Gasteiger partial charge in [-0.2, -0.15) is 5.10 Å². The predicted molar refractivity (Wildman–Crippen MR) is 69.0 cm³/mol. The molecule has 0 atom stereocenters. The summed E-state index contributed by atoms with van der Waals surface area (Å²) in [6.45, 7) is 4.17. The van der Waals surface area contributed by atoms with E-state index >= 15 is 0 Å². The summed E-state index contributed by atoms with van der Waals surface area (Å²) in [5.41, 5.74) is 3.95. The zero-order valence-electron chi connectivity index (χ0n) is 10.1. The van der Waals surface area contributed by atoms with E-state index in [2.05, 4.69) is 29.0 Å². The molecule has 0 saturated carbocycles. The number of hydrogen-bond donors (Lipinski definition) is 3. The fourth-order valence-electron chi connectivity index (χ4n) is 2.22. The molecule has 18 heavy (non-hydrogen) atoms. The van der Waals surface area contributed by atoms with Gasteiger partial charge >= 0.3 is 5.97 Å². The van der Waals surface area contributed by atoms with Gasteiger partial charge in [-0.15, -0.1) is 0 Å². The Balaban J connectivity index is 2.32. The lowest BCUT2D eigenvalue weighted by atomic mass is 10.1. The van der Waals surface area contributed by atoms with Crippen molar-refractivity contribution in [2.45, 2.75) is 19.8 Å². The highest BCUT2D eigenvalue weighted by atomic mass is 16.4. The van der Waals surface area contributed by atoms with Gasteiger partial charge in [-0.05, 0) is 24.1 Å². The van der Waals surface area contributed by atoms with Gasteiger partial charge in [-0.1, -0.05) is 13.8 Å². The van der Waals surface area contributed by atoms with Gasteiger partial charge in [0.25, 0.3) is 0 Å². The summed E-state index contributed by atoms with van der Waals surface area (Å²) in [6, 6.07) is 5.04. The van der Waals surface area contributed by atoms with E-state index in [-0.39, 0.29) is 5.56 Å². The molecule has 2 heterocycles. The van der Waals surface area contributed by atoms with Crippen LogP contribution in [0.5, 0.6) is 0 Å². The first-order chi connectivity index (χ1) is 8.58. The number of nitrogens with one attached hydrogen (secondary N) is 2. The molecule has 5 heteroatoms. The number of hydrogen-bond acceptors (Lipinski definition) is 2. The Bertz CT molecular complexity index is 752. The Morgan fingerprint density at radius 3 is 2.83 bits per heavy atom. The molecule has 3 N–H and O–H groups in total. The molecular formula is C13H13N3O2. The zero-order chi connectivity index (χ0) is 12.9. The predicted octanol–water partition coefficient (Wildman–Crippen LogP) is 2.87. The van der Waals surface area contributed by atoms with Gasteiger partial charge in [0.2, 0.25) is 0 Å². The van der Waals surface area contributed by atoms with Gasteiger partial charge in [0.15, 0.2) is 0 Å². The normalized spacial score (nSPS) is 11.7. The van der Waals surface area contributed by atoms with Crippen molar-refractivity contribution in [3.8, 4) is 0 Å². The van der Waals surface area contributed by atoms with Crippen molar-refractivity contribution in [2.24, 2.45) is 0 Å². The number of nitrogens with zero attached hydrogens (tertiary/aromatic N) is 1. The highest BCUT2D eigenvalue weighted by molar-refractivity contribution is 6.07. The third-order valence-corrected chi connectivity index (χ3v) is 3.15. The number of benzene rings is 1. The summed E-state index contributed by atoms with van der Waals surface area (Å²) in [5.74, 6) is -0.586. The largest absolute Gasteiger partial charge is 0.478 e. The average Bonchev–Trinajstić information content (AvgIpc) is 2.85. The molecule has 0 fully saturated rings. The van der Waals surface area contributed by atoms with Crippen LogP contribution < -0.4 is 0 Å². The maximum atomic E-state index is 10.9. The topological polar surface area (TPSA) is 81.8 Å². The number of aromatic carboxylic acids is 1. The minimum atomic E-state index is -0.921. The lowest BCUT2D eigenvalue weighted by Gasteiger charge is -1.99. The molecule has 0 spiro atoms. The quantitative estimate of drug-likeness (QED) is 0.647. The van der Waals surface area contributed by atoms with Gasteiger partial charge in [-0.25, -0.2) is 4.79 Å². The molecular weight excluding hydrogens is 230 g/mol. The smallest absolute Gasteiger partial charge is 0.335 e. The fraction of sp³-hybridized carbons (Fsp3) is 0.231. The van der Waals surface area contributed by atoms with Gasteiger partial charge in [0.05, 0.1) is 16.8 Å². The molecule has 0 aliphatic carbocycles. The highest BCUT2D eigenvalue weighted by Crippen LogP contribution is 2.29. The van der Waals surface area contributed by atoms with Crippen LogP contribution in [0.2, 0.25) is 0 Å².